The van der Waals surface area contributed by atoms with Crippen molar-refractivity contribution in [3.05, 3.63) is 18.2 Å². The van der Waals surface area contributed by atoms with Crippen LogP contribution in [0.3, 0.4) is 0 Å². The molecule has 2 fully saturated rings. The lowest BCUT2D eigenvalue weighted by atomic mass is 10.2. The first kappa shape index (κ1) is 23.9. The Morgan fingerprint density at radius 1 is 1.30 bits per heavy atom. The summed E-state index contributed by atoms with van der Waals surface area (Å²) < 4.78 is 45.1. The predicted octanol–water partition coefficient (Wildman–Crippen LogP) is 0.612. The van der Waals surface area contributed by atoms with E-state index in [0.29, 0.717) is 30.7 Å². The van der Waals surface area contributed by atoms with Gasteiger partial charge in [0.25, 0.3) is 0 Å². The van der Waals surface area contributed by atoms with Gasteiger partial charge in [-0.05, 0) is 41.5 Å². The average Bonchev–Trinajstić information content (AvgIpc) is 3.50. The van der Waals surface area contributed by atoms with Crippen LogP contribution >= 0.6 is 11.8 Å². The van der Waals surface area contributed by atoms with Gasteiger partial charge < -0.3 is 19.5 Å². The van der Waals surface area contributed by atoms with Crippen molar-refractivity contribution >= 4 is 33.4 Å². The van der Waals surface area contributed by atoms with Gasteiger partial charge in [0.2, 0.25) is 21.1 Å². The van der Waals surface area contributed by atoms with Crippen LogP contribution in [-0.4, -0.2) is 90.7 Å². The molecule has 1 aromatic heterocycles. The number of ether oxygens (including phenoxy) is 3. The van der Waals surface area contributed by atoms with Gasteiger partial charge in [0.15, 0.2) is 0 Å². The summed E-state index contributed by atoms with van der Waals surface area (Å²) >= 11 is 1.19. The Balaban J connectivity index is 1.41. The Kier molecular flexibility index (Phi) is 7.80. The van der Waals surface area contributed by atoms with Crippen LogP contribution in [0, 0.1) is 0 Å². The van der Waals surface area contributed by atoms with Crippen molar-refractivity contribution in [1.29, 1.82) is 0 Å². The number of morpholine rings is 1. The van der Waals surface area contributed by atoms with Crippen LogP contribution in [-0.2, 0) is 30.8 Å². The Morgan fingerprint density at radius 3 is 2.85 bits per heavy atom. The molecule has 0 saturated carbocycles. The highest BCUT2D eigenvalue weighted by Gasteiger charge is 2.27. The number of tetrazole rings is 1. The average molecular weight is 499 g/mol. The summed E-state index contributed by atoms with van der Waals surface area (Å²) in [5.74, 6) is 0.0542. The van der Waals surface area contributed by atoms with Crippen molar-refractivity contribution in [1.82, 2.24) is 24.5 Å². The smallest absolute Gasteiger partial charge is 0.243 e. The van der Waals surface area contributed by atoms with Crippen molar-refractivity contribution in [2.75, 3.05) is 51.1 Å². The SMILES string of the molecule is COc1ccc(S(=O)(=O)N2CCOCC2)cc1NC(=O)CSc1nnnn1CC1CCCO1. The van der Waals surface area contributed by atoms with Gasteiger partial charge in [0, 0.05) is 19.7 Å². The maximum atomic E-state index is 13.0. The van der Waals surface area contributed by atoms with E-state index in [-0.39, 0.29) is 41.4 Å². The molecule has 1 aromatic carbocycles. The number of carbonyl (C=O) groups excluding carboxylic acids is 1. The van der Waals surface area contributed by atoms with Gasteiger partial charge in [-0.25, -0.2) is 13.1 Å². The summed E-state index contributed by atoms with van der Waals surface area (Å²) in [5, 5.41) is 14.9. The van der Waals surface area contributed by atoms with Crippen molar-refractivity contribution in [3.8, 4) is 5.75 Å². The van der Waals surface area contributed by atoms with Gasteiger partial charge in [0.1, 0.15) is 5.75 Å². The van der Waals surface area contributed by atoms with E-state index in [4.69, 9.17) is 14.2 Å². The number of nitrogens with one attached hydrogen (secondary N) is 1. The summed E-state index contributed by atoms with van der Waals surface area (Å²) in [5.41, 5.74) is 0.274. The van der Waals surface area contributed by atoms with E-state index in [2.05, 4.69) is 20.8 Å². The third-order valence-corrected chi connectivity index (χ3v) is 8.14. The molecule has 1 unspecified atom stereocenters. The summed E-state index contributed by atoms with van der Waals surface area (Å²) in [6.07, 6.45) is 2.04. The highest BCUT2D eigenvalue weighted by atomic mass is 32.2. The van der Waals surface area contributed by atoms with Gasteiger partial charge in [-0.1, -0.05) is 11.8 Å². The summed E-state index contributed by atoms with van der Waals surface area (Å²) in [6.45, 7) is 2.54. The fourth-order valence-electron chi connectivity index (χ4n) is 3.59. The number of hydrogen-bond donors (Lipinski definition) is 1. The van der Waals surface area contributed by atoms with Crippen molar-refractivity contribution < 1.29 is 27.4 Å². The van der Waals surface area contributed by atoms with E-state index in [9.17, 15) is 13.2 Å². The van der Waals surface area contributed by atoms with Gasteiger partial charge in [-0.15, -0.1) is 5.10 Å². The van der Waals surface area contributed by atoms with Gasteiger partial charge in [0.05, 0.1) is 49.3 Å². The molecule has 14 heteroatoms. The number of benzene rings is 1. The second kappa shape index (κ2) is 10.8. The highest BCUT2D eigenvalue weighted by Crippen LogP contribution is 2.29. The lowest BCUT2D eigenvalue weighted by Gasteiger charge is -2.26. The minimum Gasteiger partial charge on any atom is -0.495 e. The zero-order valence-electron chi connectivity index (χ0n) is 18.2. The molecule has 180 valence electrons. The van der Waals surface area contributed by atoms with E-state index >= 15 is 0 Å². The van der Waals surface area contributed by atoms with E-state index in [1.165, 1.54) is 41.4 Å². The van der Waals surface area contributed by atoms with Crippen LogP contribution in [0.4, 0.5) is 5.69 Å². The summed E-state index contributed by atoms with van der Waals surface area (Å²) in [6, 6.07) is 4.40. The highest BCUT2D eigenvalue weighted by molar-refractivity contribution is 7.99. The monoisotopic (exact) mass is 498 g/mol. The molecule has 1 amide bonds. The quantitative estimate of drug-likeness (QED) is 0.490. The van der Waals surface area contributed by atoms with Crippen LogP contribution in [0.2, 0.25) is 0 Å². The third-order valence-electron chi connectivity index (χ3n) is 5.28. The molecular formula is C19H26N6O6S2. The number of rotatable bonds is 9. The van der Waals surface area contributed by atoms with Crippen molar-refractivity contribution in [3.63, 3.8) is 0 Å². The number of methoxy groups -OCH3 is 1. The Morgan fingerprint density at radius 2 is 2.12 bits per heavy atom. The zero-order chi connectivity index (χ0) is 23.3. The Labute approximate surface area is 196 Å². The molecule has 3 heterocycles. The predicted molar refractivity (Wildman–Crippen MR) is 119 cm³/mol. The van der Waals surface area contributed by atoms with Crippen molar-refractivity contribution in [2.45, 2.75) is 35.5 Å². The van der Waals surface area contributed by atoms with Crippen LogP contribution < -0.4 is 10.1 Å². The topological polar surface area (TPSA) is 138 Å². The van der Waals surface area contributed by atoms with Crippen LogP contribution in [0.1, 0.15) is 12.8 Å². The second-order valence-corrected chi connectivity index (χ2v) is 10.4. The number of sulfonamides is 1. The largest absolute Gasteiger partial charge is 0.495 e. The number of hydrogen-bond acceptors (Lipinski definition) is 10. The number of carbonyl (C=O) groups is 1. The summed E-state index contributed by atoms with van der Waals surface area (Å²) in [4.78, 5) is 12.7. The maximum Gasteiger partial charge on any atom is 0.243 e. The number of aromatic nitrogens is 4. The molecule has 0 radical (unpaired) electrons. The van der Waals surface area contributed by atoms with Crippen molar-refractivity contribution in [2.24, 2.45) is 0 Å². The van der Waals surface area contributed by atoms with E-state index in [1.54, 1.807) is 4.68 Å². The lowest BCUT2D eigenvalue weighted by molar-refractivity contribution is -0.113. The normalized spacial score (nSPS) is 19.5. The molecule has 1 N–H and O–H groups in total. The fraction of sp³-hybridized carbons (Fsp3) is 0.579. The second-order valence-electron chi connectivity index (χ2n) is 7.49. The van der Waals surface area contributed by atoms with Crippen LogP contribution in [0.15, 0.2) is 28.3 Å². The molecule has 0 aliphatic carbocycles. The molecular weight excluding hydrogens is 472 g/mol. The van der Waals surface area contributed by atoms with Gasteiger partial charge in [-0.2, -0.15) is 4.31 Å². The zero-order valence-corrected chi connectivity index (χ0v) is 19.8. The molecule has 0 spiro atoms. The minimum atomic E-state index is -3.71. The van der Waals surface area contributed by atoms with E-state index in [1.807, 2.05) is 0 Å². The molecule has 2 aromatic rings. The number of nitrogens with zero attached hydrogens (tertiary/aromatic N) is 5. The molecule has 2 saturated heterocycles. The molecule has 4 rings (SSSR count). The van der Waals surface area contributed by atoms with E-state index in [0.717, 1.165) is 19.4 Å². The number of amides is 1. The molecule has 2 aliphatic heterocycles. The molecule has 12 nitrogen and oxygen atoms in total. The first-order valence-corrected chi connectivity index (χ1v) is 13.0. The summed E-state index contributed by atoms with van der Waals surface area (Å²) in [7, 11) is -2.26. The van der Waals surface area contributed by atoms with Crippen LogP contribution in [0.5, 0.6) is 5.75 Å². The van der Waals surface area contributed by atoms with Gasteiger partial charge in [-0.3, -0.25) is 4.79 Å². The van der Waals surface area contributed by atoms with Crippen LogP contribution in [0.25, 0.3) is 0 Å². The molecule has 2 aliphatic rings. The van der Waals surface area contributed by atoms with Gasteiger partial charge >= 0.3 is 0 Å². The first-order chi connectivity index (χ1) is 16.0. The standard InChI is InChI=1S/C19H26N6O6S2/c1-29-17-5-4-15(33(27,28)24-6-9-30-10-7-24)11-16(17)20-18(26)13-32-19-21-22-23-25(19)12-14-3-2-8-31-14/h4-5,11,14H,2-3,6-10,12-13H2,1H3,(H,20,26). The Bertz CT molecular complexity index is 1070. The Hall–Kier alpha value is -2.26. The number of anilines is 1. The third kappa shape index (κ3) is 5.81. The molecule has 1 atom stereocenters. The number of thioether (sulfide) groups is 1. The van der Waals surface area contributed by atoms with E-state index < -0.39 is 10.0 Å². The fourth-order valence-corrected chi connectivity index (χ4v) is 5.71. The molecule has 33 heavy (non-hydrogen) atoms. The lowest BCUT2D eigenvalue weighted by Crippen LogP contribution is -2.40. The first-order valence-electron chi connectivity index (χ1n) is 10.5. The minimum absolute atomic E-state index is 0.0372. The maximum absolute atomic E-state index is 13.0. The molecule has 0 bridgehead atoms.